The summed E-state index contributed by atoms with van der Waals surface area (Å²) in [6, 6.07) is 31.6. The topological polar surface area (TPSA) is 52.6 Å². The number of hydrogen-bond acceptors (Lipinski definition) is 4. The van der Waals surface area contributed by atoms with Crippen LogP contribution in [0.5, 0.6) is 11.5 Å². The lowest BCUT2D eigenvalue weighted by molar-refractivity contribution is 0.0980. The van der Waals surface area contributed by atoms with E-state index in [9.17, 15) is 9.59 Å². The van der Waals surface area contributed by atoms with Crippen molar-refractivity contribution in [3.8, 4) is 33.8 Å². The molecule has 0 heterocycles. The number of benzene rings is 4. The molecule has 38 heavy (non-hydrogen) atoms. The van der Waals surface area contributed by atoms with Crippen LogP contribution < -0.4 is 9.47 Å². The first-order chi connectivity index (χ1) is 18.6. The first kappa shape index (κ1) is 26.9. The van der Waals surface area contributed by atoms with Crippen molar-refractivity contribution in [2.24, 2.45) is 0 Å². The molecular weight excluding hydrogens is 472 g/mol. The molecule has 0 N–H and O–H groups in total. The molecule has 0 aliphatic rings. The van der Waals surface area contributed by atoms with Crippen LogP contribution in [0.1, 0.15) is 60.2 Å². The Hall–Kier alpha value is -4.18. The maximum Gasteiger partial charge on any atom is 0.162 e. The van der Waals surface area contributed by atoms with Crippen molar-refractivity contribution in [3.05, 3.63) is 108 Å². The Labute approximate surface area is 225 Å². The Morgan fingerprint density at radius 3 is 1.05 bits per heavy atom. The van der Waals surface area contributed by atoms with Gasteiger partial charge in [0.15, 0.2) is 11.6 Å². The quantitative estimate of drug-likeness (QED) is 0.135. The number of ketones is 2. The summed E-state index contributed by atoms with van der Waals surface area (Å²) in [5.41, 5.74) is 5.85. The number of hydrogen-bond donors (Lipinski definition) is 0. The van der Waals surface area contributed by atoms with Gasteiger partial charge in [-0.05, 0) is 59.4 Å². The standard InChI is InChI=1S/C34H34O4/c1-3-33(35)29-11-7-25(8-12-29)27-15-19-31(20-16-27)37-23-5-6-24-38-32-21-17-28(18-22-32)26-9-13-30(14-10-26)34(36)4-2/h7-22H,3-6,23-24H2,1-2H3. The van der Waals surface area contributed by atoms with Crippen LogP contribution in [-0.4, -0.2) is 24.8 Å². The van der Waals surface area contributed by atoms with Crippen LogP contribution in [-0.2, 0) is 0 Å². The predicted molar refractivity (Wildman–Crippen MR) is 153 cm³/mol. The molecule has 0 aliphatic heterocycles. The summed E-state index contributed by atoms with van der Waals surface area (Å²) >= 11 is 0. The van der Waals surface area contributed by atoms with Gasteiger partial charge in [-0.15, -0.1) is 0 Å². The van der Waals surface area contributed by atoms with E-state index in [1.807, 2.05) is 111 Å². The maximum absolute atomic E-state index is 11.8. The first-order valence-electron chi connectivity index (χ1n) is 13.3. The zero-order valence-corrected chi connectivity index (χ0v) is 22.1. The van der Waals surface area contributed by atoms with Crippen molar-refractivity contribution in [2.45, 2.75) is 39.5 Å². The van der Waals surface area contributed by atoms with Crippen LogP contribution in [0.4, 0.5) is 0 Å². The number of Topliss-reactive ketones (excluding diaryl/α,β-unsaturated/α-hetero) is 2. The molecular formula is C34H34O4. The van der Waals surface area contributed by atoms with Gasteiger partial charge in [-0.2, -0.15) is 0 Å². The van der Waals surface area contributed by atoms with E-state index in [1.165, 1.54) is 0 Å². The zero-order valence-electron chi connectivity index (χ0n) is 22.1. The lowest BCUT2D eigenvalue weighted by atomic mass is 10.0. The molecule has 0 spiro atoms. The third-order valence-corrected chi connectivity index (χ3v) is 6.51. The third-order valence-electron chi connectivity index (χ3n) is 6.51. The molecule has 4 aromatic carbocycles. The molecule has 0 aliphatic carbocycles. The SMILES string of the molecule is CCC(=O)c1ccc(-c2ccc(OCCCCOc3ccc(-c4ccc(C(=O)CC)cc4)cc3)cc2)cc1. The highest BCUT2D eigenvalue weighted by atomic mass is 16.5. The summed E-state index contributed by atoms with van der Waals surface area (Å²) in [6.45, 7) is 5.01. The van der Waals surface area contributed by atoms with Crippen molar-refractivity contribution < 1.29 is 19.1 Å². The van der Waals surface area contributed by atoms with Crippen LogP contribution in [0.15, 0.2) is 97.1 Å². The molecule has 4 aromatic rings. The molecule has 4 rings (SSSR count). The Bertz CT molecular complexity index is 1210. The lowest BCUT2D eigenvalue weighted by Crippen LogP contribution is -2.02. The van der Waals surface area contributed by atoms with Gasteiger partial charge in [0, 0.05) is 24.0 Å². The number of carbonyl (C=O) groups is 2. The normalized spacial score (nSPS) is 10.7. The van der Waals surface area contributed by atoms with E-state index in [1.54, 1.807) is 0 Å². The van der Waals surface area contributed by atoms with Crippen LogP contribution in [0.25, 0.3) is 22.3 Å². The van der Waals surface area contributed by atoms with Gasteiger partial charge in [0.1, 0.15) is 11.5 Å². The second kappa shape index (κ2) is 13.4. The molecule has 4 heteroatoms. The molecule has 0 saturated carbocycles. The van der Waals surface area contributed by atoms with Gasteiger partial charge in [-0.3, -0.25) is 9.59 Å². The fourth-order valence-electron chi connectivity index (χ4n) is 4.18. The van der Waals surface area contributed by atoms with Crippen molar-refractivity contribution in [3.63, 3.8) is 0 Å². The minimum atomic E-state index is 0.160. The van der Waals surface area contributed by atoms with E-state index in [-0.39, 0.29) is 11.6 Å². The summed E-state index contributed by atoms with van der Waals surface area (Å²) in [7, 11) is 0. The fourth-order valence-corrected chi connectivity index (χ4v) is 4.18. The van der Waals surface area contributed by atoms with Gasteiger partial charge in [-0.25, -0.2) is 0 Å². The molecule has 0 amide bonds. The summed E-state index contributed by atoms with van der Waals surface area (Å²) in [5.74, 6) is 2.01. The predicted octanol–water partition coefficient (Wildman–Crippen LogP) is 8.44. The number of carbonyl (C=O) groups excluding carboxylic acids is 2. The highest BCUT2D eigenvalue weighted by Gasteiger charge is 2.06. The molecule has 0 aromatic heterocycles. The van der Waals surface area contributed by atoms with Gasteiger partial charge in [0.05, 0.1) is 13.2 Å². The molecule has 0 unspecified atom stereocenters. The van der Waals surface area contributed by atoms with E-state index in [2.05, 4.69) is 0 Å². The molecule has 0 fully saturated rings. The van der Waals surface area contributed by atoms with E-state index in [0.717, 1.165) is 57.7 Å². The average molecular weight is 507 g/mol. The van der Waals surface area contributed by atoms with E-state index in [4.69, 9.17) is 9.47 Å². The van der Waals surface area contributed by atoms with Crippen LogP contribution >= 0.6 is 0 Å². The Kier molecular flexibility index (Phi) is 9.47. The van der Waals surface area contributed by atoms with E-state index < -0.39 is 0 Å². The summed E-state index contributed by atoms with van der Waals surface area (Å²) in [4.78, 5) is 23.6. The molecule has 0 atom stereocenters. The summed E-state index contributed by atoms with van der Waals surface area (Å²) in [5, 5.41) is 0. The van der Waals surface area contributed by atoms with Gasteiger partial charge >= 0.3 is 0 Å². The molecule has 194 valence electrons. The minimum absolute atomic E-state index is 0.160. The van der Waals surface area contributed by atoms with Crippen molar-refractivity contribution in [1.29, 1.82) is 0 Å². The average Bonchev–Trinajstić information content (AvgIpc) is 2.99. The Balaban J connectivity index is 1.16. The number of rotatable bonds is 13. The maximum atomic E-state index is 11.8. The molecule has 0 bridgehead atoms. The van der Waals surface area contributed by atoms with Gasteiger partial charge in [0.2, 0.25) is 0 Å². The highest BCUT2D eigenvalue weighted by Crippen LogP contribution is 2.25. The molecule has 0 saturated heterocycles. The van der Waals surface area contributed by atoms with Gasteiger partial charge < -0.3 is 9.47 Å². The lowest BCUT2D eigenvalue weighted by Gasteiger charge is -2.09. The Morgan fingerprint density at radius 2 is 0.763 bits per heavy atom. The first-order valence-corrected chi connectivity index (χ1v) is 13.3. The smallest absolute Gasteiger partial charge is 0.162 e. The third kappa shape index (κ3) is 7.19. The molecule has 0 radical (unpaired) electrons. The van der Waals surface area contributed by atoms with Crippen molar-refractivity contribution in [2.75, 3.05) is 13.2 Å². The zero-order chi connectivity index (χ0) is 26.7. The van der Waals surface area contributed by atoms with E-state index in [0.29, 0.717) is 26.1 Å². The number of ether oxygens (including phenoxy) is 2. The molecule has 4 nitrogen and oxygen atoms in total. The van der Waals surface area contributed by atoms with Crippen LogP contribution in [0.3, 0.4) is 0 Å². The van der Waals surface area contributed by atoms with Crippen LogP contribution in [0, 0.1) is 0 Å². The minimum Gasteiger partial charge on any atom is -0.494 e. The second-order valence-corrected chi connectivity index (χ2v) is 9.16. The second-order valence-electron chi connectivity index (χ2n) is 9.16. The largest absolute Gasteiger partial charge is 0.494 e. The highest BCUT2D eigenvalue weighted by molar-refractivity contribution is 5.96. The summed E-state index contributed by atoms with van der Waals surface area (Å²) < 4.78 is 11.8. The fraction of sp³-hybridized carbons (Fsp3) is 0.235. The van der Waals surface area contributed by atoms with Gasteiger partial charge in [-0.1, -0.05) is 86.6 Å². The van der Waals surface area contributed by atoms with E-state index >= 15 is 0 Å². The Morgan fingerprint density at radius 1 is 0.474 bits per heavy atom. The van der Waals surface area contributed by atoms with Gasteiger partial charge in [0.25, 0.3) is 0 Å². The number of unbranched alkanes of at least 4 members (excludes halogenated alkanes) is 1. The summed E-state index contributed by atoms with van der Waals surface area (Å²) in [6.07, 6.45) is 2.83. The monoisotopic (exact) mass is 506 g/mol. The van der Waals surface area contributed by atoms with Crippen molar-refractivity contribution >= 4 is 11.6 Å². The van der Waals surface area contributed by atoms with Crippen LogP contribution in [0.2, 0.25) is 0 Å². The van der Waals surface area contributed by atoms with Crippen molar-refractivity contribution in [1.82, 2.24) is 0 Å².